The highest BCUT2D eigenvalue weighted by Crippen LogP contribution is 2.24. The predicted molar refractivity (Wildman–Crippen MR) is 102 cm³/mol. The lowest BCUT2D eigenvalue weighted by Gasteiger charge is -2.34. The zero-order valence-electron chi connectivity index (χ0n) is 14.6. The number of anilines is 1. The van der Waals surface area contributed by atoms with E-state index in [1.54, 1.807) is 18.4 Å². The van der Waals surface area contributed by atoms with Gasteiger partial charge in [0.1, 0.15) is 11.5 Å². The Kier molecular flexibility index (Phi) is 5.05. The van der Waals surface area contributed by atoms with Crippen LogP contribution in [0.4, 0.5) is 10.2 Å². The molecule has 1 aliphatic rings. The topological polar surface area (TPSA) is 79.5 Å². The van der Waals surface area contributed by atoms with E-state index in [0.29, 0.717) is 30.4 Å². The van der Waals surface area contributed by atoms with Crippen LogP contribution in [0, 0.1) is 5.82 Å². The molecule has 1 fully saturated rings. The molecule has 1 saturated heterocycles. The Bertz CT molecular complexity index is 1070. The first-order valence-electron chi connectivity index (χ1n) is 8.53. The lowest BCUT2D eigenvalue weighted by Crippen LogP contribution is -2.49. The van der Waals surface area contributed by atoms with Crippen molar-refractivity contribution in [3.63, 3.8) is 0 Å². The Balaban J connectivity index is 1.44. The van der Waals surface area contributed by atoms with Gasteiger partial charge >= 0.3 is 0 Å². The highest BCUT2D eigenvalue weighted by molar-refractivity contribution is 7.89. The first-order chi connectivity index (χ1) is 13.4. The van der Waals surface area contributed by atoms with Crippen molar-refractivity contribution in [2.75, 3.05) is 31.1 Å². The van der Waals surface area contributed by atoms with Crippen LogP contribution in [0.1, 0.15) is 0 Å². The summed E-state index contributed by atoms with van der Waals surface area (Å²) in [7, 11) is -3.74. The van der Waals surface area contributed by atoms with Crippen molar-refractivity contribution >= 4 is 27.4 Å². The molecule has 0 unspecified atom stereocenters. The molecule has 1 aliphatic heterocycles. The van der Waals surface area contributed by atoms with E-state index in [9.17, 15) is 12.8 Å². The van der Waals surface area contributed by atoms with E-state index in [1.807, 2.05) is 17.0 Å². The molecule has 3 heterocycles. The highest BCUT2D eigenvalue weighted by Gasteiger charge is 2.29. The minimum absolute atomic E-state index is 0.0186. The Labute approximate surface area is 166 Å². The fourth-order valence-corrected chi connectivity index (χ4v) is 4.69. The Morgan fingerprint density at radius 2 is 1.82 bits per heavy atom. The predicted octanol–water partition coefficient (Wildman–Crippen LogP) is 3.04. The summed E-state index contributed by atoms with van der Waals surface area (Å²) in [6.45, 7) is 1.48. The lowest BCUT2D eigenvalue weighted by molar-refractivity contribution is 0.383. The quantitative estimate of drug-likeness (QED) is 0.643. The van der Waals surface area contributed by atoms with Crippen LogP contribution in [0.25, 0.3) is 11.5 Å². The molecule has 0 amide bonds. The zero-order valence-corrected chi connectivity index (χ0v) is 16.2. The van der Waals surface area contributed by atoms with Gasteiger partial charge in [0.05, 0.1) is 16.2 Å². The Morgan fingerprint density at radius 3 is 2.43 bits per heavy atom. The van der Waals surface area contributed by atoms with Gasteiger partial charge in [-0.05, 0) is 42.5 Å². The molecule has 7 nitrogen and oxygen atoms in total. The lowest BCUT2D eigenvalue weighted by atomic mass is 10.3. The average Bonchev–Trinajstić information content (AvgIpc) is 3.25. The first-order valence-corrected chi connectivity index (χ1v) is 10.3. The second kappa shape index (κ2) is 7.50. The van der Waals surface area contributed by atoms with Gasteiger partial charge in [0.15, 0.2) is 11.6 Å². The van der Waals surface area contributed by atoms with Gasteiger partial charge in [-0.1, -0.05) is 11.6 Å². The third kappa shape index (κ3) is 3.60. The first kappa shape index (κ1) is 18.9. The molecule has 0 N–H and O–H groups in total. The summed E-state index contributed by atoms with van der Waals surface area (Å²) < 4.78 is 45.5. The third-order valence-electron chi connectivity index (χ3n) is 4.52. The van der Waals surface area contributed by atoms with E-state index >= 15 is 0 Å². The monoisotopic (exact) mass is 422 g/mol. The largest absolute Gasteiger partial charge is 0.463 e. The number of hydrogen-bond donors (Lipinski definition) is 0. The molecule has 0 spiro atoms. The van der Waals surface area contributed by atoms with Crippen LogP contribution >= 0.6 is 11.6 Å². The molecule has 3 aromatic rings. The minimum atomic E-state index is -3.74. The molecule has 0 saturated carbocycles. The van der Waals surface area contributed by atoms with Crippen LogP contribution in [0.15, 0.2) is 58.0 Å². The summed E-state index contributed by atoms with van der Waals surface area (Å²) >= 11 is 5.72. The molecular formula is C18H16ClFN4O3S. The number of piperazine rings is 1. The van der Waals surface area contributed by atoms with Gasteiger partial charge in [-0.25, -0.2) is 12.8 Å². The summed E-state index contributed by atoms with van der Waals surface area (Å²) in [6.07, 6.45) is 1.57. The molecule has 0 aliphatic carbocycles. The van der Waals surface area contributed by atoms with Crippen molar-refractivity contribution < 1.29 is 17.2 Å². The fraction of sp³-hybridized carbons (Fsp3) is 0.222. The van der Waals surface area contributed by atoms with Gasteiger partial charge in [0.25, 0.3) is 0 Å². The molecule has 0 bridgehead atoms. The number of sulfonamides is 1. The SMILES string of the molecule is O=S(=O)(c1ccc(F)c(Cl)c1)N1CCN(c2ccc(-c3ccco3)nn2)CC1. The van der Waals surface area contributed by atoms with E-state index in [2.05, 4.69) is 10.2 Å². The van der Waals surface area contributed by atoms with Gasteiger partial charge in [0.2, 0.25) is 10.0 Å². The summed E-state index contributed by atoms with van der Waals surface area (Å²) in [6, 6.07) is 10.6. The molecular weight excluding hydrogens is 407 g/mol. The summed E-state index contributed by atoms with van der Waals surface area (Å²) in [5.74, 6) is 0.645. The van der Waals surface area contributed by atoms with Crippen LogP contribution in [0.3, 0.4) is 0 Å². The van der Waals surface area contributed by atoms with Crippen molar-refractivity contribution in [2.24, 2.45) is 0 Å². The number of rotatable bonds is 4. The molecule has 1 aromatic carbocycles. The van der Waals surface area contributed by atoms with Gasteiger partial charge in [0, 0.05) is 26.2 Å². The summed E-state index contributed by atoms with van der Waals surface area (Å²) in [5.41, 5.74) is 0.628. The number of nitrogens with zero attached hydrogens (tertiary/aromatic N) is 4. The van der Waals surface area contributed by atoms with Gasteiger partial charge in [-0.15, -0.1) is 10.2 Å². The number of furan rings is 1. The van der Waals surface area contributed by atoms with Crippen molar-refractivity contribution in [3.05, 3.63) is 59.6 Å². The maximum atomic E-state index is 13.3. The maximum absolute atomic E-state index is 13.3. The molecule has 10 heteroatoms. The molecule has 0 radical (unpaired) electrons. The number of hydrogen-bond acceptors (Lipinski definition) is 6. The standard InChI is InChI=1S/C18H16ClFN4O3S/c19-14-12-13(3-4-15(14)20)28(25,26)24-9-7-23(8-10-24)18-6-5-16(21-22-18)17-2-1-11-27-17/h1-6,11-12H,7-10H2. The molecule has 2 aromatic heterocycles. The van der Waals surface area contributed by atoms with Crippen molar-refractivity contribution in [1.82, 2.24) is 14.5 Å². The van der Waals surface area contributed by atoms with Crippen molar-refractivity contribution in [3.8, 4) is 11.5 Å². The van der Waals surface area contributed by atoms with Crippen LogP contribution in [0.5, 0.6) is 0 Å². The minimum Gasteiger partial charge on any atom is -0.463 e. The van der Waals surface area contributed by atoms with E-state index in [4.69, 9.17) is 16.0 Å². The van der Waals surface area contributed by atoms with Crippen LogP contribution < -0.4 is 4.90 Å². The second-order valence-corrected chi connectivity index (χ2v) is 8.57. The highest BCUT2D eigenvalue weighted by atomic mass is 35.5. The molecule has 28 heavy (non-hydrogen) atoms. The van der Waals surface area contributed by atoms with E-state index in [0.717, 1.165) is 12.1 Å². The molecule has 4 rings (SSSR count). The Morgan fingerprint density at radius 1 is 1.04 bits per heavy atom. The average molecular weight is 423 g/mol. The molecule has 0 atom stereocenters. The van der Waals surface area contributed by atoms with Gasteiger partial charge < -0.3 is 9.32 Å². The van der Waals surface area contributed by atoms with E-state index in [1.165, 1.54) is 10.4 Å². The van der Waals surface area contributed by atoms with Gasteiger partial charge in [-0.3, -0.25) is 0 Å². The van der Waals surface area contributed by atoms with Crippen LogP contribution in [-0.2, 0) is 10.0 Å². The van der Waals surface area contributed by atoms with Crippen LogP contribution in [0.2, 0.25) is 5.02 Å². The number of halogens is 2. The number of aromatic nitrogens is 2. The molecule has 146 valence electrons. The maximum Gasteiger partial charge on any atom is 0.243 e. The van der Waals surface area contributed by atoms with Crippen LogP contribution in [-0.4, -0.2) is 49.1 Å². The number of benzene rings is 1. The van der Waals surface area contributed by atoms with E-state index in [-0.39, 0.29) is 23.0 Å². The van der Waals surface area contributed by atoms with Gasteiger partial charge in [-0.2, -0.15) is 4.31 Å². The zero-order chi connectivity index (χ0) is 19.7. The second-order valence-electron chi connectivity index (χ2n) is 6.22. The third-order valence-corrected chi connectivity index (χ3v) is 6.70. The Hall–Kier alpha value is -2.49. The summed E-state index contributed by atoms with van der Waals surface area (Å²) in [5, 5.41) is 8.16. The fourth-order valence-electron chi connectivity index (χ4n) is 2.99. The normalized spacial score (nSPS) is 15.7. The summed E-state index contributed by atoms with van der Waals surface area (Å²) in [4.78, 5) is 1.94. The van der Waals surface area contributed by atoms with E-state index < -0.39 is 15.8 Å². The smallest absolute Gasteiger partial charge is 0.243 e. The van der Waals surface area contributed by atoms with Crippen molar-refractivity contribution in [1.29, 1.82) is 0 Å². The van der Waals surface area contributed by atoms with Crippen molar-refractivity contribution in [2.45, 2.75) is 4.90 Å².